The molecule has 0 unspecified atom stereocenters. The summed E-state index contributed by atoms with van der Waals surface area (Å²) in [4.78, 5) is 12.1. The lowest BCUT2D eigenvalue weighted by Gasteiger charge is -2.09. The lowest BCUT2D eigenvalue weighted by molar-refractivity contribution is 0.0686. The zero-order chi connectivity index (χ0) is 15.5. The van der Waals surface area contributed by atoms with Crippen LogP contribution in [0.2, 0.25) is 0 Å². The van der Waals surface area contributed by atoms with E-state index in [1.165, 1.54) is 0 Å². The second-order valence-electron chi connectivity index (χ2n) is 4.41. The SMILES string of the molecule is COCCOCCCCNC(=O)c1cc(OC)ccc1Br. The zero-order valence-corrected chi connectivity index (χ0v) is 14.1. The molecule has 0 aliphatic carbocycles. The Balaban J connectivity index is 2.25. The molecule has 0 aromatic heterocycles. The summed E-state index contributed by atoms with van der Waals surface area (Å²) in [7, 11) is 3.23. The Morgan fingerprint density at radius 1 is 1.19 bits per heavy atom. The molecule has 21 heavy (non-hydrogen) atoms. The van der Waals surface area contributed by atoms with Crippen LogP contribution in [-0.2, 0) is 9.47 Å². The third-order valence-corrected chi connectivity index (χ3v) is 3.54. The summed E-state index contributed by atoms with van der Waals surface area (Å²) in [6.07, 6.45) is 1.78. The molecule has 5 nitrogen and oxygen atoms in total. The molecule has 0 aliphatic rings. The van der Waals surface area contributed by atoms with Crippen molar-refractivity contribution in [3.63, 3.8) is 0 Å². The predicted octanol–water partition coefficient (Wildman–Crippen LogP) is 2.63. The number of unbranched alkanes of at least 4 members (excludes halogenated alkanes) is 1. The molecule has 0 heterocycles. The number of halogens is 1. The van der Waals surface area contributed by atoms with Crippen molar-refractivity contribution in [2.45, 2.75) is 12.8 Å². The normalized spacial score (nSPS) is 10.4. The van der Waals surface area contributed by atoms with Gasteiger partial charge in [-0.1, -0.05) is 0 Å². The molecule has 1 aromatic carbocycles. The van der Waals surface area contributed by atoms with Gasteiger partial charge < -0.3 is 19.5 Å². The highest BCUT2D eigenvalue weighted by Crippen LogP contribution is 2.22. The van der Waals surface area contributed by atoms with Crippen LogP contribution < -0.4 is 10.1 Å². The molecule has 0 aliphatic heterocycles. The van der Waals surface area contributed by atoms with Crippen molar-refractivity contribution in [2.75, 3.05) is 40.6 Å². The first-order valence-corrected chi connectivity index (χ1v) is 7.66. The van der Waals surface area contributed by atoms with Crippen molar-refractivity contribution >= 4 is 21.8 Å². The number of carbonyl (C=O) groups is 1. The molecule has 0 saturated carbocycles. The van der Waals surface area contributed by atoms with E-state index in [9.17, 15) is 4.79 Å². The van der Waals surface area contributed by atoms with Crippen LogP contribution in [0.25, 0.3) is 0 Å². The largest absolute Gasteiger partial charge is 0.497 e. The molecule has 6 heteroatoms. The van der Waals surface area contributed by atoms with Gasteiger partial charge in [0, 0.05) is 24.7 Å². The van der Waals surface area contributed by atoms with Gasteiger partial charge in [-0.3, -0.25) is 4.79 Å². The predicted molar refractivity (Wildman–Crippen MR) is 85.0 cm³/mol. The monoisotopic (exact) mass is 359 g/mol. The molecule has 1 aromatic rings. The molecule has 1 N–H and O–H groups in total. The molecule has 0 atom stereocenters. The highest BCUT2D eigenvalue weighted by Gasteiger charge is 2.10. The Hall–Kier alpha value is -1.11. The van der Waals surface area contributed by atoms with Crippen LogP contribution in [0.3, 0.4) is 0 Å². The standard InChI is InChI=1S/C15H22BrNO4/c1-19-9-10-21-8-4-3-7-17-15(18)13-11-12(20-2)5-6-14(13)16/h5-6,11H,3-4,7-10H2,1-2H3,(H,17,18). The van der Waals surface area contributed by atoms with E-state index in [0.29, 0.717) is 37.7 Å². The maximum atomic E-state index is 12.1. The van der Waals surface area contributed by atoms with E-state index in [1.54, 1.807) is 32.4 Å². The number of ether oxygens (including phenoxy) is 3. The summed E-state index contributed by atoms with van der Waals surface area (Å²) in [5, 5.41) is 2.89. The number of nitrogens with one attached hydrogen (secondary N) is 1. The van der Waals surface area contributed by atoms with Gasteiger partial charge in [-0.25, -0.2) is 0 Å². The molecule has 0 radical (unpaired) electrons. The maximum Gasteiger partial charge on any atom is 0.252 e. The molecule has 118 valence electrons. The number of hydrogen-bond acceptors (Lipinski definition) is 4. The lowest BCUT2D eigenvalue weighted by atomic mass is 10.2. The first-order chi connectivity index (χ1) is 10.2. The number of rotatable bonds is 10. The van der Waals surface area contributed by atoms with Gasteiger partial charge in [-0.2, -0.15) is 0 Å². The lowest BCUT2D eigenvalue weighted by Crippen LogP contribution is -2.25. The molecule has 0 saturated heterocycles. The van der Waals surface area contributed by atoms with Crippen LogP contribution in [0.1, 0.15) is 23.2 Å². The minimum Gasteiger partial charge on any atom is -0.497 e. The van der Waals surface area contributed by atoms with Gasteiger partial charge in [0.1, 0.15) is 5.75 Å². The van der Waals surface area contributed by atoms with Gasteiger partial charge in [0.25, 0.3) is 5.91 Å². The topological polar surface area (TPSA) is 56.8 Å². The molecular formula is C15H22BrNO4. The van der Waals surface area contributed by atoms with Gasteiger partial charge in [0.2, 0.25) is 0 Å². The molecule has 0 spiro atoms. The second-order valence-corrected chi connectivity index (χ2v) is 5.27. The van der Waals surface area contributed by atoms with E-state index >= 15 is 0 Å². The van der Waals surface area contributed by atoms with Crippen molar-refractivity contribution < 1.29 is 19.0 Å². The fraction of sp³-hybridized carbons (Fsp3) is 0.533. The number of hydrogen-bond donors (Lipinski definition) is 1. The van der Waals surface area contributed by atoms with Gasteiger partial charge >= 0.3 is 0 Å². The molecule has 0 fully saturated rings. The maximum absolute atomic E-state index is 12.1. The summed E-state index contributed by atoms with van der Waals surface area (Å²) < 4.78 is 16.1. The fourth-order valence-corrected chi connectivity index (χ4v) is 2.10. The third kappa shape index (κ3) is 6.93. The van der Waals surface area contributed by atoms with Crippen LogP contribution in [0.15, 0.2) is 22.7 Å². The van der Waals surface area contributed by atoms with Crippen molar-refractivity contribution in [2.24, 2.45) is 0 Å². The number of benzene rings is 1. The van der Waals surface area contributed by atoms with Crippen LogP contribution in [0, 0.1) is 0 Å². The quantitative estimate of drug-likeness (QED) is 0.652. The summed E-state index contributed by atoms with van der Waals surface area (Å²) in [6.45, 7) is 2.53. The van der Waals surface area contributed by atoms with E-state index in [0.717, 1.165) is 17.3 Å². The highest BCUT2D eigenvalue weighted by molar-refractivity contribution is 9.10. The Bertz CT molecular complexity index is 440. The molecule has 1 amide bonds. The smallest absolute Gasteiger partial charge is 0.252 e. The number of amides is 1. The van der Waals surface area contributed by atoms with Crippen molar-refractivity contribution in [1.82, 2.24) is 5.32 Å². The van der Waals surface area contributed by atoms with Gasteiger partial charge in [-0.05, 0) is 47.0 Å². The summed E-state index contributed by atoms with van der Waals surface area (Å²) in [5.41, 5.74) is 0.575. The van der Waals surface area contributed by atoms with Crippen LogP contribution >= 0.6 is 15.9 Å². The van der Waals surface area contributed by atoms with E-state index < -0.39 is 0 Å². The van der Waals surface area contributed by atoms with Gasteiger partial charge in [0.15, 0.2) is 0 Å². The minimum absolute atomic E-state index is 0.110. The second kappa shape index (κ2) is 10.6. The summed E-state index contributed by atoms with van der Waals surface area (Å²) >= 11 is 3.37. The van der Waals surface area contributed by atoms with Crippen molar-refractivity contribution in [1.29, 1.82) is 0 Å². The van der Waals surface area contributed by atoms with Crippen molar-refractivity contribution in [3.05, 3.63) is 28.2 Å². The summed E-state index contributed by atoms with van der Waals surface area (Å²) in [5.74, 6) is 0.552. The van der Waals surface area contributed by atoms with Crippen molar-refractivity contribution in [3.8, 4) is 5.75 Å². The molecule has 1 rings (SSSR count). The van der Waals surface area contributed by atoms with Gasteiger partial charge in [-0.15, -0.1) is 0 Å². The van der Waals surface area contributed by atoms with Crippen LogP contribution in [-0.4, -0.2) is 46.5 Å². The van der Waals surface area contributed by atoms with E-state index in [2.05, 4.69) is 21.2 Å². The average Bonchev–Trinajstić information content (AvgIpc) is 2.50. The first kappa shape index (κ1) is 17.9. The zero-order valence-electron chi connectivity index (χ0n) is 12.5. The first-order valence-electron chi connectivity index (χ1n) is 6.87. The number of carbonyl (C=O) groups excluding carboxylic acids is 1. The Kier molecular flexibility index (Phi) is 9.05. The number of methoxy groups -OCH3 is 2. The van der Waals surface area contributed by atoms with Crippen LogP contribution in [0.4, 0.5) is 0 Å². The Morgan fingerprint density at radius 3 is 2.71 bits per heavy atom. The summed E-state index contributed by atoms with van der Waals surface area (Å²) in [6, 6.07) is 5.32. The van der Waals surface area contributed by atoms with Crippen LogP contribution in [0.5, 0.6) is 5.75 Å². The Morgan fingerprint density at radius 2 is 2.00 bits per heavy atom. The third-order valence-electron chi connectivity index (χ3n) is 2.85. The minimum atomic E-state index is -0.110. The molecule has 0 bridgehead atoms. The van der Waals surface area contributed by atoms with E-state index in [-0.39, 0.29) is 5.91 Å². The van der Waals surface area contributed by atoms with Gasteiger partial charge in [0.05, 0.1) is 25.9 Å². The molecular weight excluding hydrogens is 338 g/mol. The fourth-order valence-electron chi connectivity index (χ4n) is 1.68. The Labute approximate surface area is 134 Å². The van der Waals surface area contributed by atoms with E-state index in [4.69, 9.17) is 14.2 Å². The highest BCUT2D eigenvalue weighted by atomic mass is 79.9. The average molecular weight is 360 g/mol. The van der Waals surface area contributed by atoms with E-state index in [1.807, 2.05) is 0 Å².